The van der Waals surface area contributed by atoms with Crippen LogP contribution in [0, 0.1) is 11.8 Å². The molecule has 2 N–H and O–H groups in total. The maximum absolute atomic E-state index is 11.9. The van der Waals surface area contributed by atoms with Gasteiger partial charge in [0, 0.05) is 12.3 Å². The second kappa shape index (κ2) is 8.37. The normalized spacial score (nSPS) is 16.2. The van der Waals surface area contributed by atoms with Crippen LogP contribution >= 0.6 is 0 Å². The van der Waals surface area contributed by atoms with Crippen LogP contribution < -0.4 is 5.32 Å². The van der Waals surface area contributed by atoms with Gasteiger partial charge >= 0.3 is 6.09 Å². The molecule has 5 heteroatoms. The fraction of sp³-hybridized carbons (Fsp3) is 0.875. The van der Waals surface area contributed by atoms with Gasteiger partial charge in [0.1, 0.15) is 11.4 Å². The van der Waals surface area contributed by atoms with Gasteiger partial charge in [-0.1, -0.05) is 27.7 Å². The van der Waals surface area contributed by atoms with Crippen molar-refractivity contribution in [1.82, 2.24) is 5.32 Å². The Morgan fingerprint density at radius 1 is 1.19 bits per heavy atom. The summed E-state index contributed by atoms with van der Waals surface area (Å²) in [7, 11) is 0. The van der Waals surface area contributed by atoms with E-state index in [1.807, 2.05) is 13.8 Å². The van der Waals surface area contributed by atoms with Crippen LogP contribution in [0.4, 0.5) is 4.79 Å². The zero-order chi connectivity index (χ0) is 16.8. The Hall–Kier alpha value is -1.10. The highest BCUT2D eigenvalue weighted by atomic mass is 16.6. The van der Waals surface area contributed by atoms with E-state index >= 15 is 0 Å². The van der Waals surface area contributed by atoms with Gasteiger partial charge in [0.15, 0.2) is 0 Å². The van der Waals surface area contributed by atoms with Crippen molar-refractivity contribution in [3.63, 3.8) is 0 Å². The molecular formula is C16H31NO4. The number of carbonyl (C=O) groups excluding carboxylic acids is 2. The number of amides is 1. The summed E-state index contributed by atoms with van der Waals surface area (Å²) in [5, 5.41) is 13.1. The average Bonchev–Trinajstić information content (AvgIpc) is 2.32. The van der Waals surface area contributed by atoms with Crippen LogP contribution in [0.25, 0.3) is 0 Å². The standard InChI is InChI=1S/C16H31NO4/c1-8-13(18)11(4)14(19)12(9-10(2)3)17-15(20)21-16(5,6)7/h10-12,14,19H,8-9H2,1-7H3,(H,17,20)/t11-,12+,14+/m1/s1. The van der Waals surface area contributed by atoms with Crippen LogP contribution in [-0.4, -0.2) is 34.7 Å². The van der Waals surface area contributed by atoms with Gasteiger partial charge in [-0.15, -0.1) is 0 Å². The summed E-state index contributed by atoms with van der Waals surface area (Å²) in [5.41, 5.74) is -0.595. The first-order valence-corrected chi connectivity index (χ1v) is 7.68. The highest BCUT2D eigenvalue weighted by molar-refractivity contribution is 5.81. The Bertz CT molecular complexity index is 347. The van der Waals surface area contributed by atoms with E-state index in [1.165, 1.54) is 0 Å². The molecule has 0 saturated carbocycles. The predicted molar refractivity (Wildman–Crippen MR) is 83.1 cm³/mol. The highest BCUT2D eigenvalue weighted by Crippen LogP contribution is 2.17. The molecule has 3 atom stereocenters. The fourth-order valence-corrected chi connectivity index (χ4v) is 2.11. The smallest absolute Gasteiger partial charge is 0.407 e. The topological polar surface area (TPSA) is 75.6 Å². The molecule has 0 heterocycles. The van der Waals surface area contributed by atoms with Gasteiger partial charge < -0.3 is 15.2 Å². The summed E-state index contributed by atoms with van der Waals surface area (Å²) in [6, 6.07) is -0.495. The Morgan fingerprint density at radius 3 is 2.10 bits per heavy atom. The molecule has 0 unspecified atom stereocenters. The molecule has 0 aromatic rings. The maximum Gasteiger partial charge on any atom is 0.407 e. The predicted octanol–water partition coefficient (Wildman–Crippen LogP) is 2.90. The van der Waals surface area contributed by atoms with Crippen molar-refractivity contribution in [3.8, 4) is 0 Å². The molecular weight excluding hydrogens is 270 g/mol. The van der Waals surface area contributed by atoms with Crippen LogP contribution in [-0.2, 0) is 9.53 Å². The molecule has 0 fully saturated rings. The molecule has 0 aliphatic heterocycles. The molecule has 21 heavy (non-hydrogen) atoms. The van der Waals surface area contributed by atoms with Gasteiger partial charge in [-0.25, -0.2) is 4.79 Å². The van der Waals surface area contributed by atoms with Crippen LogP contribution in [0.15, 0.2) is 0 Å². The summed E-state index contributed by atoms with van der Waals surface area (Å²) in [6.45, 7) is 12.8. The van der Waals surface area contributed by atoms with Crippen molar-refractivity contribution in [3.05, 3.63) is 0 Å². The number of ketones is 1. The number of Topliss-reactive ketones (excluding diaryl/α,β-unsaturated/α-hetero) is 1. The largest absolute Gasteiger partial charge is 0.444 e. The molecule has 0 spiro atoms. The fourth-order valence-electron chi connectivity index (χ4n) is 2.11. The number of aliphatic hydroxyl groups excluding tert-OH is 1. The molecule has 0 aromatic heterocycles. The summed E-state index contributed by atoms with van der Waals surface area (Å²) < 4.78 is 5.22. The van der Waals surface area contributed by atoms with Crippen molar-refractivity contribution in [1.29, 1.82) is 0 Å². The minimum Gasteiger partial charge on any atom is -0.444 e. The number of hydrogen-bond acceptors (Lipinski definition) is 4. The summed E-state index contributed by atoms with van der Waals surface area (Å²) in [5.74, 6) is -0.237. The molecule has 5 nitrogen and oxygen atoms in total. The summed E-state index contributed by atoms with van der Waals surface area (Å²) >= 11 is 0. The number of rotatable bonds is 7. The minimum atomic E-state index is -0.910. The van der Waals surface area contributed by atoms with Crippen LogP contribution in [0.2, 0.25) is 0 Å². The first-order chi connectivity index (χ1) is 9.47. The van der Waals surface area contributed by atoms with Crippen LogP contribution in [0.1, 0.15) is 61.3 Å². The van der Waals surface area contributed by atoms with Gasteiger partial charge in [-0.05, 0) is 33.1 Å². The molecule has 0 radical (unpaired) electrons. The number of nitrogens with one attached hydrogen (secondary N) is 1. The number of ether oxygens (including phenoxy) is 1. The van der Waals surface area contributed by atoms with E-state index in [0.29, 0.717) is 12.8 Å². The van der Waals surface area contributed by atoms with E-state index in [9.17, 15) is 14.7 Å². The van der Waals surface area contributed by atoms with E-state index in [4.69, 9.17) is 4.74 Å². The van der Waals surface area contributed by atoms with Crippen molar-refractivity contribution in [2.24, 2.45) is 11.8 Å². The Morgan fingerprint density at radius 2 is 1.71 bits per heavy atom. The third-order valence-corrected chi connectivity index (χ3v) is 3.21. The second-order valence-corrected chi connectivity index (χ2v) is 6.98. The quantitative estimate of drug-likeness (QED) is 0.758. The lowest BCUT2D eigenvalue weighted by Crippen LogP contribution is -2.49. The van der Waals surface area contributed by atoms with Gasteiger partial charge in [-0.2, -0.15) is 0 Å². The zero-order valence-electron chi connectivity index (χ0n) is 14.4. The van der Waals surface area contributed by atoms with Crippen molar-refractivity contribution in [2.75, 3.05) is 0 Å². The summed E-state index contributed by atoms with van der Waals surface area (Å²) in [6.07, 6.45) is -0.517. The third-order valence-electron chi connectivity index (χ3n) is 3.21. The van der Waals surface area contributed by atoms with E-state index < -0.39 is 29.8 Å². The molecule has 0 aromatic carbocycles. The Labute approximate surface area is 128 Å². The van der Waals surface area contributed by atoms with Gasteiger partial charge in [-0.3, -0.25) is 4.79 Å². The van der Waals surface area contributed by atoms with E-state index in [2.05, 4.69) is 5.32 Å². The first kappa shape index (κ1) is 19.9. The molecule has 0 saturated heterocycles. The van der Waals surface area contributed by atoms with Crippen LogP contribution in [0.5, 0.6) is 0 Å². The monoisotopic (exact) mass is 301 g/mol. The van der Waals surface area contributed by atoms with Gasteiger partial charge in [0.25, 0.3) is 0 Å². The molecule has 0 rings (SSSR count). The van der Waals surface area contributed by atoms with Gasteiger partial charge in [0.2, 0.25) is 0 Å². The van der Waals surface area contributed by atoms with Crippen molar-refractivity contribution >= 4 is 11.9 Å². The molecule has 0 aliphatic carbocycles. The zero-order valence-corrected chi connectivity index (χ0v) is 14.4. The lowest BCUT2D eigenvalue weighted by atomic mass is 9.88. The lowest BCUT2D eigenvalue weighted by Gasteiger charge is -2.30. The van der Waals surface area contributed by atoms with E-state index in [-0.39, 0.29) is 11.7 Å². The average molecular weight is 301 g/mol. The molecule has 0 bridgehead atoms. The number of aliphatic hydroxyl groups is 1. The number of alkyl carbamates (subject to hydrolysis) is 1. The molecule has 0 aliphatic rings. The Balaban J connectivity index is 4.87. The maximum atomic E-state index is 11.9. The molecule has 124 valence electrons. The van der Waals surface area contributed by atoms with Crippen molar-refractivity contribution in [2.45, 2.75) is 79.1 Å². The second-order valence-electron chi connectivity index (χ2n) is 6.98. The molecule has 1 amide bonds. The first-order valence-electron chi connectivity index (χ1n) is 7.68. The van der Waals surface area contributed by atoms with Crippen LogP contribution in [0.3, 0.4) is 0 Å². The lowest BCUT2D eigenvalue weighted by molar-refractivity contribution is -0.126. The highest BCUT2D eigenvalue weighted by Gasteiger charge is 2.31. The van der Waals surface area contributed by atoms with E-state index in [0.717, 1.165) is 0 Å². The minimum absolute atomic E-state index is 0.0118. The third kappa shape index (κ3) is 8.05. The number of hydrogen-bond donors (Lipinski definition) is 2. The van der Waals surface area contributed by atoms with E-state index in [1.54, 1.807) is 34.6 Å². The Kier molecular flexibility index (Phi) is 7.93. The van der Waals surface area contributed by atoms with Crippen molar-refractivity contribution < 1.29 is 19.4 Å². The van der Waals surface area contributed by atoms with Gasteiger partial charge in [0.05, 0.1) is 12.1 Å². The SMILES string of the molecule is CCC(=O)[C@@H](C)[C@H](O)[C@H](CC(C)C)NC(=O)OC(C)(C)C. The summed E-state index contributed by atoms with van der Waals surface area (Å²) in [4.78, 5) is 23.6. The number of carbonyl (C=O) groups is 2.